The molecule has 1 atom stereocenters. The highest BCUT2D eigenvalue weighted by Gasteiger charge is 2.62. The topological polar surface area (TPSA) is 67.8 Å². The molecule has 1 amide bonds. The van der Waals surface area contributed by atoms with Gasteiger partial charge in [-0.25, -0.2) is 0 Å². The second-order valence-electron chi connectivity index (χ2n) is 7.83. The molecule has 1 N–H and O–H groups in total. The number of hydrogen-bond acceptors (Lipinski definition) is 4. The van der Waals surface area contributed by atoms with Crippen molar-refractivity contribution in [3.8, 4) is 0 Å². The van der Waals surface area contributed by atoms with Gasteiger partial charge in [0, 0.05) is 47.0 Å². The number of halogens is 5. The molecule has 0 spiro atoms. The van der Waals surface area contributed by atoms with Gasteiger partial charge in [0.1, 0.15) is 0 Å². The fraction of sp³-hybridized carbons (Fsp3) is 0.292. The summed E-state index contributed by atoms with van der Waals surface area (Å²) in [4.78, 5) is 29.2. The zero-order valence-electron chi connectivity index (χ0n) is 18.1. The Morgan fingerprint density at radius 2 is 1.85 bits per heavy atom. The number of benzene rings is 2. The number of carbonyl (C=O) groups excluding carboxylic acids is 2. The maximum absolute atomic E-state index is 14.2. The predicted octanol–water partition coefficient (Wildman–Crippen LogP) is 6.15. The van der Waals surface area contributed by atoms with Crippen LogP contribution in [0.3, 0.4) is 0 Å². The van der Waals surface area contributed by atoms with Crippen LogP contribution >= 0.6 is 23.2 Å². The van der Waals surface area contributed by atoms with Crippen molar-refractivity contribution in [2.75, 3.05) is 6.54 Å². The van der Waals surface area contributed by atoms with E-state index in [1.807, 2.05) is 0 Å². The molecule has 1 aliphatic rings. The molecule has 0 fully saturated rings. The van der Waals surface area contributed by atoms with Crippen molar-refractivity contribution in [3.05, 3.63) is 81.4 Å². The number of nitrogens with zero attached hydrogens (tertiary/aromatic N) is 1. The van der Waals surface area contributed by atoms with E-state index in [4.69, 9.17) is 28.0 Å². The molecule has 2 aromatic carbocycles. The van der Waals surface area contributed by atoms with Crippen LogP contribution in [0.2, 0.25) is 10.0 Å². The first-order valence-electron chi connectivity index (χ1n) is 10.3. The van der Waals surface area contributed by atoms with E-state index in [1.54, 1.807) is 13.0 Å². The number of Topliss-reactive ketones (excluding diaryl/α,β-unsaturated/α-hetero) is 1. The number of oxime groups is 1. The first-order valence-corrected chi connectivity index (χ1v) is 11.0. The number of alkyl halides is 3. The lowest BCUT2D eigenvalue weighted by atomic mass is 9.86. The summed E-state index contributed by atoms with van der Waals surface area (Å²) in [5, 5.41) is 6.41. The van der Waals surface area contributed by atoms with Gasteiger partial charge in [0.15, 0.2) is 5.78 Å². The molecule has 1 heterocycles. The SMILES string of the molecule is C=CCNC(=O)CCC(=O)c1ccc(C2=NOC(c3cc(Cl)cc(Cl)c3)(C(F)(F)F)C2)cc1C. The standard InChI is InChI=1S/C24H21Cl2F3N2O3/c1-3-8-30-22(33)7-6-21(32)19-5-4-15(9-14(19)2)20-13-23(34-31-20,24(27,28)29)16-10-17(25)12-18(26)11-16/h3-5,9-12H,1,6-8,13H2,2H3,(H,30,33). The molecule has 0 radical (unpaired) electrons. The van der Waals surface area contributed by atoms with Crippen LogP contribution in [-0.2, 0) is 15.2 Å². The van der Waals surface area contributed by atoms with E-state index in [9.17, 15) is 22.8 Å². The largest absolute Gasteiger partial charge is 0.435 e. The maximum atomic E-state index is 14.2. The molecule has 2 aromatic rings. The molecule has 5 nitrogen and oxygen atoms in total. The highest BCUT2D eigenvalue weighted by molar-refractivity contribution is 6.34. The number of ketones is 1. The van der Waals surface area contributed by atoms with Crippen molar-refractivity contribution in [1.29, 1.82) is 0 Å². The van der Waals surface area contributed by atoms with Crippen LogP contribution in [0.1, 0.15) is 46.3 Å². The first kappa shape index (κ1) is 25.8. The Balaban J connectivity index is 1.81. The summed E-state index contributed by atoms with van der Waals surface area (Å²) >= 11 is 11.9. The summed E-state index contributed by atoms with van der Waals surface area (Å²) in [7, 11) is 0. The van der Waals surface area contributed by atoms with Crippen molar-refractivity contribution < 1.29 is 27.6 Å². The minimum atomic E-state index is -4.80. The number of carbonyl (C=O) groups is 2. The van der Waals surface area contributed by atoms with Gasteiger partial charge in [-0.1, -0.05) is 46.6 Å². The molecule has 0 aliphatic carbocycles. The van der Waals surface area contributed by atoms with Crippen LogP contribution in [0.25, 0.3) is 0 Å². The second-order valence-corrected chi connectivity index (χ2v) is 8.71. The minimum Gasteiger partial charge on any atom is -0.374 e. The van der Waals surface area contributed by atoms with Gasteiger partial charge in [0.05, 0.1) is 5.71 Å². The van der Waals surface area contributed by atoms with Crippen LogP contribution in [0.4, 0.5) is 13.2 Å². The lowest BCUT2D eigenvalue weighted by molar-refractivity contribution is -0.275. The summed E-state index contributed by atoms with van der Waals surface area (Å²) in [6.07, 6.45) is -3.84. The summed E-state index contributed by atoms with van der Waals surface area (Å²) in [5.74, 6) is -0.523. The van der Waals surface area contributed by atoms with E-state index in [2.05, 4.69) is 17.1 Å². The third kappa shape index (κ3) is 5.45. The van der Waals surface area contributed by atoms with Gasteiger partial charge < -0.3 is 10.2 Å². The van der Waals surface area contributed by atoms with Crippen LogP contribution in [-0.4, -0.2) is 30.1 Å². The number of aryl methyl sites for hydroxylation is 1. The molecule has 10 heteroatoms. The number of rotatable bonds is 8. The number of nitrogens with one attached hydrogen (secondary N) is 1. The van der Waals surface area contributed by atoms with E-state index in [0.29, 0.717) is 23.2 Å². The van der Waals surface area contributed by atoms with Crippen LogP contribution in [0.15, 0.2) is 54.2 Å². The van der Waals surface area contributed by atoms with Gasteiger partial charge in [-0.15, -0.1) is 6.58 Å². The molecular weight excluding hydrogens is 492 g/mol. The third-order valence-electron chi connectivity index (χ3n) is 5.40. The molecule has 34 heavy (non-hydrogen) atoms. The summed E-state index contributed by atoms with van der Waals surface area (Å²) in [5.41, 5.74) is -1.61. The summed E-state index contributed by atoms with van der Waals surface area (Å²) in [6, 6.07) is 8.23. The van der Waals surface area contributed by atoms with Crippen molar-refractivity contribution in [3.63, 3.8) is 0 Å². The van der Waals surface area contributed by atoms with Gasteiger partial charge in [0.25, 0.3) is 5.60 Å². The minimum absolute atomic E-state index is 0.0000683. The Hall–Kier alpha value is -2.84. The zero-order chi connectivity index (χ0) is 25.1. The molecule has 3 rings (SSSR count). The van der Waals surface area contributed by atoms with E-state index in [1.165, 1.54) is 24.3 Å². The molecule has 1 aliphatic heterocycles. The number of hydrogen-bond donors (Lipinski definition) is 1. The van der Waals surface area contributed by atoms with E-state index >= 15 is 0 Å². The Labute approximate surface area is 204 Å². The second kappa shape index (κ2) is 10.2. The van der Waals surface area contributed by atoms with Crippen molar-refractivity contribution in [1.82, 2.24) is 5.32 Å². The Morgan fingerprint density at radius 1 is 1.18 bits per heavy atom. The quantitative estimate of drug-likeness (QED) is 0.340. The zero-order valence-corrected chi connectivity index (χ0v) is 19.7. The highest BCUT2D eigenvalue weighted by atomic mass is 35.5. The lowest BCUT2D eigenvalue weighted by Crippen LogP contribution is -2.42. The van der Waals surface area contributed by atoms with E-state index in [0.717, 1.165) is 12.1 Å². The van der Waals surface area contributed by atoms with Gasteiger partial charge in [-0.3, -0.25) is 9.59 Å². The monoisotopic (exact) mass is 512 g/mol. The average molecular weight is 513 g/mol. The Kier molecular flexibility index (Phi) is 7.73. The Morgan fingerprint density at radius 3 is 2.44 bits per heavy atom. The fourth-order valence-electron chi connectivity index (χ4n) is 3.64. The third-order valence-corrected chi connectivity index (χ3v) is 5.83. The molecule has 1 unspecified atom stereocenters. The first-order chi connectivity index (χ1) is 16.0. The predicted molar refractivity (Wildman–Crippen MR) is 124 cm³/mol. The van der Waals surface area contributed by atoms with Crippen LogP contribution < -0.4 is 5.32 Å². The molecule has 0 aromatic heterocycles. The van der Waals surface area contributed by atoms with Gasteiger partial charge in [0.2, 0.25) is 5.91 Å². The number of amides is 1. The summed E-state index contributed by atoms with van der Waals surface area (Å²) in [6.45, 7) is 5.48. The molecule has 0 bridgehead atoms. The van der Waals surface area contributed by atoms with Gasteiger partial charge in [-0.2, -0.15) is 13.2 Å². The average Bonchev–Trinajstić information content (AvgIpc) is 3.22. The van der Waals surface area contributed by atoms with Crippen LogP contribution in [0, 0.1) is 6.92 Å². The lowest BCUT2D eigenvalue weighted by Gasteiger charge is -2.29. The smallest absolute Gasteiger partial charge is 0.374 e. The van der Waals surface area contributed by atoms with Gasteiger partial charge >= 0.3 is 6.18 Å². The normalized spacial score (nSPS) is 17.6. The Bertz CT molecular complexity index is 1140. The molecule has 0 saturated heterocycles. The van der Waals surface area contributed by atoms with E-state index < -0.39 is 18.2 Å². The van der Waals surface area contributed by atoms with Crippen molar-refractivity contribution in [2.45, 2.75) is 38.0 Å². The molecule has 180 valence electrons. The fourth-order valence-corrected chi connectivity index (χ4v) is 4.16. The van der Waals surface area contributed by atoms with Gasteiger partial charge in [-0.05, 0) is 42.3 Å². The summed E-state index contributed by atoms with van der Waals surface area (Å²) < 4.78 is 42.5. The molecular formula is C24H21Cl2F3N2O3. The van der Waals surface area contributed by atoms with E-state index in [-0.39, 0.29) is 45.9 Å². The maximum Gasteiger partial charge on any atom is 0.435 e. The van der Waals surface area contributed by atoms with Crippen LogP contribution in [0.5, 0.6) is 0 Å². The van der Waals surface area contributed by atoms with Crippen molar-refractivity contribution >= 4 is 40.6 Å². The highest BCUT2D eigenvalue weighted by Crippen LogP contribution is 2.49. The molecule has 0 saturated carbocycles. The van der Waals surface area contributed by atoms with Crippen molar-refractivity contribution in [2.24, 2.45) is 5.16 Å².